The molecule has 0 aromatic carbocycles. The molecule has 0 spiro atoms. The third kappa shape index (κ3) is 36.1. The molecule has 1 rings (SSSR count). The molecule has 1 aliphatic carbocycles. The summed E-state index contributed by atoms with van der Waals surface area (Å²) < 4.78 is 34.0. The van der Waals surface area contributed by atoms with Crippen LogP contribution in [0.5, 0.6) is 0 Å². The van der Waals surface area contributed by atoms with E-state index in [1.54, 1.807) is 6.08 Å². The van der Waals surface area contributed by atoms with E-state index in [1.165, 1.54) is 96.3 Å². The molecule has 0 radical (unpaired) electrons. The van der Waals surface area contributed by atoms with Crippen molar-refractivity contribution in [3.05, 3.63) is 24.3 Å². The van der Waals surface area contributed by atoms with Gasteiger partial charge >= 0.3 is 11.9 Å². The highest BCUT2D eigenvalue weighted by atomic mass is 31.2. The smallest absolute Gasteiger partial charge is 0.306 e. The molecule has 382 valence electrons. The van der Waals surface area contributed by atoms with Crippen LogP contribution in [0.25, 0.3) is 0 Å². The summed E-state index contributed by atoms with van der Waals surface area (Å²) in [6.45, 7) is 3.91. The number of esters is 2. The number of hydrogen-bond donors (Lipinski definition) is 3. The van der Waals surface area contributed by atoms with E-state index >= 15 is 0 Å². The van der Waals surface area contributed by atoms with Crippen molar-refractivity contribution in [1.29, 1.82) is 0 Å². The summed E-state index contributed by atoms with van der Waals surface area (Å²) in [5.74, 6) is -1.25. The van der Waals surface area contributed by atoms with Crippen molar-refractivity contribution in [2.75, 3.05) is 47.5 Å². The minimum Gasteiger partial charge on any atom is -0.756 e. The fraction of sp³-hybridized carbons (Fsp3) is 0.885. The Balaban J connectivity index is 2.36. The number of aliphatic hydroxyl groups is 3. The lowest BCUT2D eigenvalue weighted by Crippen LogP contribution is -2.37. The summed E-state index contributed by atoms with van der Waals surface area (Å²) in [5, 5.41) is 31.5. The lowest BCUT2D eigenvalue weighted by molar-refractivity contribution is -0.870. The van der Waals surface area contributed by atoms with Crippen LogP contribution in [0, 0.1) is 11.8 Å². The van der Waals surface area contributed by atoms with Crippen LogP contribution in [-0.2, 0) is 32.7 Å². The number of aliphatic hydroxyl groups excluding tert-OH is 3. The van der Waals surface area contributed by atoms with E-state index in [0.717, 1.165) is 64.2 Å². The topological polar surface area (TPSA) is 172 Å². The Morgan fingerprint density at radius 1 is 0.677 bits per heavy atom. The van der Waals surface area contributed by atoms with Crippen molar-refractivity contribution in [3.8, 4) is 0 Å². The Hall–Kier alpha value is -1.63. The molecule has 0 amide bonds. The molecular formula is C52H98NO11P. The van der Waals surface area contributed by atoms with Gasteiger partial charge in [-0.2, -0.15) is 0 Å². The van der Waals surface area contributed by atoms with Crippen LogP contribution in [0.3, 0.4) is 0 Å². The summed E-state index contributed by atoms with van der Waals surface area (Å²) in [4.78, 5) is 38.0. The van der Waals surface area contributed by atoms with Crippen molar-refractivity contribution >= 4 is 19.8 Å². The van der Waals surface area contributed by atoms with Gasteiger partial charge in [0.2, 0.25) is 0 Å². The quantitative estimate of drug-likeness (QED) is 0.0174. The Bertz CT molecular complexity index is 1270. The van der Waals surface area contributed by atoms with Crippen LogP contribution < -0.4 is 4.89 Å². The average molecular weight is 944 g/mol. The molecule has 0 aromatic rings. The number of carbonyl (C=O) groups excluding carboxylic acids is 2. The van der Waals surface area contributed by atoms with E-state index in [4.69, 9.17) is 18.5 Å². The van der Waals surface area contributed by atoms with Crippen molar-refractivity contribution in [2.24, 2.45) is 11.8 Å². The van der Waals surface area contributed by atoms with Crippen LogP contribution in [0.4, 0.5) is 0 Å². The minimum absolute atomic E-state index is 0.0641. The number of nitrogens with zero attached hydrogens (tertiary/aromatic N) is 1. The van der Waals surface area contributed by atoms with E-state index in [1.807, 2.05) is 27.2 Å². The monoisotopic (exact) mass is 944 g/mol. The maximum Gasteiger partial charge on any atom is 0.306 e. The Morgan fingerprint density at radius 3 is 1.75 bits per heavy atom. The highest BCUT2D eigenvalue weighted by Crippen LogP contribution is 2.39. The predicted octanol–water partition coefficient (Wildman–Crippen LogP) is 11.2. The molecule has 1 unspecified atom stereocenters. The number of phosphoric acid groups is 1. The number of phosphoric ester groups is 1. The van der Waals surface area contributed by atoms with Crippen molar-refractivity contribution in [2.45, 2.75) is 237 Å². The number of allylic oxidation sites excluding steroid dienone is 2. The first-order chi connectivity index (χ1) is 31.2. The minimum atomic E-state index is -4.68. The van der Waals surface area contributed by atoms with E-state index in [2.05, 4.69) is 26.0 Å². The SMILES string of the molecule is CCCCCCCC/C=C\CCCCCCCCCCCCCC(=O)O[C@H](COC(=O)CCCCCC[C@@H]1[C@@H](/C=C/[C@@H](O)CCCCC)[C@H](O)C[C@@H]1O)COP(=O)([O-])OCC[N+](C)(C)C. The van der Waals surface area contributed by atoms with Gasteiger partial charge in [-0.1, -0.05) is 167 Å². The Labute approximate surface area is 396 Å². The largest absolute Gasteiger partial charge is 0.756 e. The van der Waals surface area contributed by atoms with Gasteiger partial charge in [-0.3, -0.25) is 14.2 Å². The first kappa shape index (κ1) is 61.4. The molecule has 7 atom stereocenters. The molecule has 0 heterocycles. The molecule has 0 bridgehead atoms. The van der Waals surface area contributed by atoms with Gasteiger partial charge in [0, 0.05) is 25.2 Å². The fourth-order valence-corrected chi connectivity index (χ4v) is 9.12. The van der Waals surface area contributed by atoms with Crippen LogP contribution in [0.2, 0.25) is 0 Å². The van der Waals surface area contributed by atoms with Crippen LogP contribution in [0.15, 0.2) is 24.3 Å². The fourth-order valence-electron chi connectivity index (χ4n) is 8.39. The van der Waals surface area contributed by atoms with Gasteiger partial charge in [0.25, 0.3) is 7.82 Å². The standard InChI is InChI=1S/C52H98NO11P/c1-6-8-10-11-12-13-14-15-16-17-18-19-20-21-22-23-24-25-26-27-33-37-52(58)64-46(44-63-65(59,60)62-41-40-53(3,4)5)43-61-51(57)36-32-29-28-31-35-47-48(50(56)42-49(47)55)39-38-45(54)34-30-9-7-2/h15-16,38-39,45-50,54-56H,6-14,17-37,40-44H2,1-5H3/b16-15-,39-38+/t45-,46+,47+,48+,49-,50+/m0/s1. The van der Waals surface area contributed by atoms with Gasteiger partial charge in [-0.25, -0.2) is 0 Å². The highest BCUT2D eigenvalue weighted by Gasteiger charge is 2.39. The Kier molecular flexibility index (Phi) is 37.1. The van der Waals surface area contributed by atoms with Gasteiger partial charge in [0.05, 0.1) is 46.1 Å². The molecule has 1 saturated carbocycles. The molecule has 0 saturated heterocycles. The molecule has 12 nitrogen and oxygen atoms in total. The zero-order chi connectivity index (χ0) is 48.0. The molecular weight excluding hydrogens is 846 g/mol. The number of hydrogen-bond acceptors (Lipinski definition) is 11. The zero-order valence-electron chi connectivity index (χ0n) is 42.0. The van der Waals surface area contributed by atoms with Crippen molar-refractivity contribution in [1.82, 2.24) is 0 Å². The zero-order valence-corrected chi connectivity index (χ0v) is 42.9. The Morgan fingerprint density at radius 2 is 1.18 bits per heavy atom. The van der Waals surface area contributed by atoms with Gasteiger partial charge in [0.15, 0.2) is 6.10 Å². The normalized spacial score (nSPS) is 19.8. The van der Waals surface area contributed by atoms with E-state index < -0.39 is 50.8 Å². The molecule has 65 heavy (non-hydrogen) atoms. The molecule has 0 aliphatic heterocycles. The number of rotatable bonds is 44. The predicted molar refractivity (Wildman–Crippen MR) is 261 cm³/mol. The van der Waals surface area contributed by atoms with Gasteiger partial charge in [-0.15, -0.1) is 0 Å². The molecule has 0 aromatic heterocycles. The average Bonchev–Trinajstić information content (AvgIpc) is 3.52. The maximum atomic E-state index is 12.8. The summed E-state index contributed by atoms with van der Waals surface area (Å²) in [5.41, 5.74) is 0. The van der Waals surface area contributed by atoms with E-state index in [9.17, 15) is 34.4 Å². The number of likely N-dealkylation sites (N-methyl/N-ethyl adjacent to an activating group) is 1. The van der Waals surface area contributed by atoms with Crippen LogP contribution in [0.1, 0.15) is 213 Å². The van der Waals surface area contributed by atoms with Gasteiger partial charge in [-0.05, 0) is 57.3 Å². The summed E-state index contributed by atoms with van der Waals surface area (Å²) in [6, 6.07) is 0. The van der Waals surface area contributed by atoms with Crippen molar-refractivity contribution in [3.63, 3.8) is 0 Å². The molecule has 1 aliphatic rings. The van der Waals surface area contributed by atoms with Crippen LogP contribution in [-0.4, -0.2) is 104 Å². The van der Waals surface area contributed by atoms with Gasteiger partial charge in [0.1, 0.15) is 19.8 Å². The number of ether oxygens (including phenoxy) is 2. The summed E-state index contributed by atoms with van der Waals surface area (Å²) in [6.07, 6.45) is 36.9. The lowest BCUT2D eigenvalue weighted by Gasteiger charge is -2.28. The third-order valence-corrected chi connectivity index (χ3v) is 13.5. The summed E-state index contributed by atoms with van der Waals surface area (Å²) >= 11 is 0. The third-order valence-electron chi connectivity index (χ3n) is 12.5. The number of unbranched alkanes of at least 4 members (excludes halogenated alkanes) is 22. The van der Waals surface area contributed by atoms with E-state index in [0.29, 0.717) is 36.7 Å². The molecule has 13 heteroatoms. The van der Waals surface area contributed by atoms with Crippen LogP contribution >= 0.6 is 7.82 Å². The second-order valence-corrected chi connectivity index (χ2v) is 21.3. The first-order valence-electron chi connectivity index (χ1n) is 26.3. The second kappa shape index (κ2) is 39.2. The molecule has 1 fully saturated rings. The lowest BCUT2D eigenvalue weighted by atomic mass is 9.88. The summed E-state index contributed by atoms with van der Waals surface area (Å²) in [7, 11) is 1.05. The van der Waals surface area contributed by atoms with Crippen molar-refractivity contribution < 1.29 is 57.4 Å². The molecule has 3 N–H and O–H groups in total. The first-order valence-corrected chi connectivity index (χ1v) is 27.8. The number of quaternary nitrogens is 1. The highest BCUT2D eigenvalue weighted by molar-refractivity contribution is 7.45. The second-order valence-electron chi connectivity index (χ2n) is 19.9. The van der Waals surface area contributed by atoms with Gasteiger partial charge < -0.3 is 43.2 Å². The maximum absolute atomic E-state index is 12.8. The number of carbonyl (C=O) groups is 2. The van der Waals surface area contributed by atoms with E-state index in [-0.39, 0.29) is 37.9 Å².